The highest BCUT2D eigenvalue weighted by Crippen LogP contribution is 2.34. The van der Waals surface area contributed by atoms with Crippen LogP contribution in [-0.2, 0) is 5.88 Å². The Labute approximate surface area is 92.5 Å². The van der Waals surface area contributed by atoms with Crippen molar-refractivity contribution in [1.29, 1.82) is 0 Å². The maximum absolute atomic E-state index is 13.3. The highest BCUT2D eigenvalue weighted by atomic mass is 79.9. The van der Waals surface area contributed by atoms with Gasteiger partial charge in [-0.2, -0.15) is 0 Å². The summed E-state index contributed by atoms with van der Waals surface area (Å²) in [5.74, 6) is 0.238. The second-order valence-electron chi connectivity index (χ2n) is 2.63. The predicted octanol–water partition coefficient (Wildman–Crippen LogP) is 4.54. The molecule has 2 aromatic rings. The number of hydrogen-bond acceptors (Lipinski definition) is 1. The van der Waals surface area contributed by atoms with Crippen LogP contribution in [0, 0.1) is 5.82 Å². The standard InChI is InChI=1S/C9H5BrClFS/c10-6-1-2-7(12)9-8(6)5(3-11)4-13-9/h1-2,4H,3H2. The lowest BCUT2D eigenvalue weighted by molar-refractivity contribution is 0.641. The van der Waals surface area contributed by atoms with Gasteiger partial charge >= 0.3 is 0 Å². The van der Waals surface area contributed by atoms with E-state index in [2.05, 4.69) is 15.9 Å². The molecule has 0 bridgehead atoms. The summed E-state index contributed by atoms with van der Waals surface area (Å²) in [6.07, 6.45) is 0. The SMILES string of the molecule is Fc1ccc(Br)c2c(CCl)csc12. The molecular formula is C9H5BrClFS. The lowest BCUT2D eigenvalue weighted by Gasteiger charge is -1.97. The average Bonchev–Trinajstić information content (AvgIpc) is 2.56. The van der Waals surface area contributed by atoms with Crippen molar-refractivity contribution < 1.29 is 4.39 Å². The molecule has 0 saturated carbocycles. The summed E-state index contributed by atoms with van der Waals surface area (Å²) in [6.45, 7) is 0. The molecular weight excluding hydrogens is 275 g/mol. The van der Waals surface area contributed by atoms with E-state index in [4.69, 9.17) is 11.6 Å². The number of halogens is 3. The van der Waals surface area contributed by atoms with E-state index >= 15 is 0 Å². The first-order chi connectivity index (χ1) is 6.24. The van der Waals surface area contributed by atoms with Crippen LogP contribution in [0.4, 0.5) is 4.39 Å². The van der Waals surface area contributed by atoms with E-state index in [1.54, 1.807) is 6.07 Å². The number of benzene rings is 1. The third-order valence-electron chi connectivity index (χ3n) is 1.84. The monoisotopic (exact) mass is 278 g/mol. The van der Waals surface area contributed by atoms with Crippen molar-refractivity contribution in [2.24, 2.45) is 0 Å². The van der Waals surface area contributed by atoms with Crippen LogP contribution in [0.2, 0.25) is 0 Å². The van der Waals surface area contributed by atoms with Gasteiger partial charge in [-0.25, -0.2) is 4.39 Å². The zero-order valence-corrected chi connectivity index (χ0v) is 9.64. The molecule has 0 aliphatic heterocycles. The fourth-order valence-electron chi connectivity index (χ4n) is 1.23. The second-order valence-corrected chi connectivity index (χ2v) is 4.63. The fraction of sp³-hybridized carbons (Fsp3) is 0.111. The Bertz CT molecular complexity index is 452. The first-order valence-corrected chi connectivity index (χ1v) is 5.85. The smallest absolute Gasteiger partial charge is 0.141 e. The molecule has 0 unspecified atom stereocenters. The van der Waals surface area contributed by atoms with Gasteiger partial charge in [0.15, 0.2) is 0 Å². The molecule has 0 N–H and O–H groups in total. The van der Waals surface area contributed by atoms with Crippen LogP contribution in [0.15, 0.2) is 22.0 Å². The lowest BCUT2D eigenvalue weighted by Crippen LogP contribution is -1.78. The molecule has 1 aromatic carbocycles. The van der Waals surface area contributed by atoms with Crippen LogP contribution in [-0.4, -0.2) is 0 Å². The van der Waals surface area contributed by atoms with Crippen molar-refractivity contribution in [3.05, 3.63) is 33.4 Å². The molecule has 13 heavy (non-hydrogen) atoms. The normalized spacial score (nSPS) is 11.0. The molecule has 0 aliphatic rings. The first kappa shape index (κ1) is 9.44. The average molecular weight is 280 g/mol. The summed E-state index contributed by atoms with van der Waals surface area (Å²) in [5, 5.41) is 2.80. The van der Waals surface area contributed by atoms with Gasteiger partial charge < -0.3 is 0 Å². The van der Waals surface area contributed by atoms with Gasteiger partial charge in [0.1, 0.15) is 5.82 Å². The van der Waals surface area contributed by atoms with Crippen molar-refractivity contribution in [3.63, 3.8) is 0 Å². The Morgan fingerprint density at radius 2 is 2.23 bits per heavy atom. The third kappa shape index (κ3) is 1.49. The summed E-state index contributed by atoms with van der Waals surface area (Å²) >= 11 is 10.5. The maximum atomic E-state index is 13.3. The molecule has 0 fully saturated rings. The Balaban J connectivity index is 2.87. The molecule has 0 amide bonds. The quantitative estimate of drug-likeness (QED) is 0.672. The van der Waals surface area contributed by atoms with E-state index in [9.17, 15) is 4.39 Å². The summed E-state index contributed by atoms with van der Waals surface area (Å²) < 4.78 is 14.8. The lowest BCUT2D eigenvalue weighted by atomic mass is 10.2. The minimum atomic E-state index is -0.181. The molecule has 0 nitrogen and oxygen atoms in total. The van der Waals surface area contributed by atoms with Gasteiger partial charge in [0.05, 0.1) is 4.70 Å². The predicted molar refractivity (Wildman–Crippen MR) is 59.0 cm³/mol. The molecule has 0 atom stereocenters. The summed E-state index contributed by atoms with van der Waals surface area (Å²) in [6, 6.07) is 3.17. The third-order valence-corrected chi connectivity index (χ3v) is 3.83. The van der Waals surface area contributed by atoms with Crippen molar-refractivity contribution in [1.82, 2.24) is 0 Å². The molecule has 1 aromatic heterocycles. The fourth-order valence-corrected chi connectivity index (χ4v) is 3.25. The van der Waals surface area contributed by atoms with E-state index in [-0.39, 0.29) is 5.82 Å². The highest BCUT2D eigenvalue weighted by molar-refractivity contribution is 9.10. The van der Waals surface area contributed by atoms with E-state index < -0.39 is 0 Å². The van der Waals surface area contributed by atoms with Crippen LogP contribution in [0.1, 0.15) is 5.56 Å². The van der Waals surface area contributed by atoms with Gasteiger partial charge in [0, 0.05) is 15.7 Å². The molecule has 0 spiro atoms. The van der Waals surface area contributed by atoms with Gasteiger partial charge in [-0.05, 0) is 23.1 Å². The molecule has 0 aliphatic carbocycles. The van der Waals surface area contributed by atoms with Gasteiger partial charge in [-0.3, -0.25) is 0 Å². The van der Waals surface area contributed by atoms with Crippen LogP contribution < -0.4 is 0 Å². The summed E-state index contributed by atoms with van der Waals surface area (Å²) in [4.78, 5) is 0. The highest BCUT2D eigenvalue weighted by Gasteiger charge is 2.10. The molecule has 4 heteroatoms. The van der Waals surface area contributed by atoms with Gasteiger partial charge in [0.25, 0.3) is 0 Å². The van der Waals surface area contributed by atoms with Crippen LogP contribution in [0.3, 0.4) is 0 Å². The Kier molecular flexibility index (Phi) is 2.58. The first-order valence-electron chi connectivity index (χ1n) is 3.64. The number of rotatable bonds is 1. The molecule has 2 rings (SSSR count). The minimum Gasteiger partial charge on any atom is -0.205 e. The zero-order chi connectivity index (χ0) is 9.42. The van der Waals surface area contributed by atoms with Gasteiger partial charge in [-0.1, -0.05) is 15.9 Å². The van der Waals surface area contributed by atoms with Crippen molar-refractivity contribution in [2.45, 2.75) is 5.88 Å². The van der Waals surface area contributed by atoms with E-state index in [1.807, 2.05) is 5.38 Å². The Morgan fingerprint density at radius 1 is 1.46 bits per heavy atom. The number of alkyl halides is 1. The maximum Gasteiger partial charge on any atom is 0.141 e. The summed E-state index contributed by atoms with van der Waals surface area (Å²) in [5.41, 5.74) is 0.980. The molecule has 1 heterocycles. The van der Waals surface area contributed by atoms with E-state index in [0.717, 1.165) is 15.4 Å². The van der Waals surface area contributed by atoms with Crippen LogP contribution in [0.5, 0.6) is 0 Å². The molecule has 0 radical (unpaired) electrons. The number of fused-ring (bicyclic) bond motifs is 1. The summed E-state index contributed by atoms with van der Waals surface area (Å²) in [7, 11) is 0. The van der Waals surface area contributed by atoms with Gasteiger partial charge in [0.2, 0.25) is 0 Å². The van der Waals surface area contributed by atoms with Crippen LogP contribution >= 0.6 is 38.9 Å². The van der Waals surface area contributed by atoms with Crippen molar-refractivity contribution in [3.8, 4) is 0 Å². The van der Waals surface area contributed by atoms with E-state index in [0.29, 0.717) is 10.6 Å². The second kappa shape index (κ2) is 3.56. The topological polar surface area (TPSA) is 0 Å². The molecule has 0 saturated heterocycles. The number of thiophene rings is 1. The molecule has 68 valence electrons. The Hall–Kier alpha value is -0.120. The van der Waals surface area contributed by atoms with E-state index in [1.165, 1.54) is 17.4 Å². The number of hydrogen-bond donors (Lipinski definition) is 0. The van der Waals surface area contributed by atoms with Crippen molar-refractivity contribution >= 4 is 49.0 Å². The minimum absolute atomic E-state index is 0.181. The van der Waals surface area contributed by atoms with Crippen molar-refractivity contribution in [2.75, 3.05) is 0 Å². The largest absolute Gasteiger partial charge is 0.205 e. The van der Waals surface area contributed by atoms with Crippen LogP contribution in [0.25, 0.3) is 10.1 Å². The van der Waals surface area contributed by atoms with Gasteiger partial charge in [-0.15, -0.1) is 22.9 Å². The zero-order valence-electron chi connectivity index (χ0n) is 6.48. The Morgan fingerprint density at radius 3 is 2.92 bits per heavy atom.